The minimum atomic E-state index is -4.34. The standard InChI is InChI=1S/C7H8F3N/c1-3-4-6(5-11-2)7(8,9)10/h3-5H,2H2,1H3/b4-3-,6-5+. The SMILES string of the molecule is C=N/C=C(\C=C/C)C(F)(F)F. The van der Waals surface area contributed by atoms with Gasteiger partial charge in [-0.25, -0.2) is 0 Å². The van der Waals surface area contributed by atoms with Gasteiger partial charge in [-0.05, 0) is 13.6 Å². The molecular weight excluding hydrogens is 155 g/mol. The molecule has 0 bridgehead atoms. The van der Waals surface area contributed by atoms with Gasteiger partial charge in [0.15, 0.2) is 0 Å². The van der Waals surface area contributed by atoms with Gasteiger partial charge in [-0.2, -0.15) is 13.2 Å². The number of aliphatic imine (C=N–C) groups is 1. The van der Waals surface area contributed by atoms with Crippen LogP contribution in [-0.4, -0.2) is 12.9 Å². The zero-order valence-corrected chi connectivity index (χ0v) is 6.02. The van der Waals surface area contributed by atoms with Gasteiger partial charge in [-0.15, -0.1) is 0 Å². The monoisotopic (exact) mass is 163 g/mol. The molecule has 0 aromatic rings. The molecule has 11 heavy (non-hydrogen) atoms. The molecule has 4 heteroatoms. The van der Waals surface area contributed by atoms with Crippen molar-refractivity contribution in [2.24, 2.45) is 4.99 Å². The lowest BCUT2D eigenvalue weighted by atomic mass is 10.2. The molecule has 62 valence electrons. The first kappa shape index (κ1) is 9.94. The molecule has 0 N–H and O–H groups in total. The Balaban J connectivity index is 4.61. The Morgan fingerprint density at radius 3 is 2.27 bits per heavy atom. The van der Waals surface area contributed by atoms with Gasteiger partial charge in [-0.1, -0.05) is 12.2 Å². The number of rotatable bonds is 2. The van der Waals surface area contributed by atoms with Crippen LogP contribution < -0.4 is 0 Å². The van der Waals surface area contributed by atoms with Gasteiger partial charge in [-0.3, -0.25) is 4.99 Å². The van der Waals surface area contributed by atoms with E-state index in [0.717, 1.165) is 6.08 Å². The molecule has 0 aliphatic heterocycles. The summed E-state index contributed by atoms with van der Waals surface area (Å²) in [5, 5.41) is 0. The summed E-state index contributed by atoms with van der Waals surface area (Å²) >= 11 is 0. The Bertz CT molecular complexity index is 188. The Labute approximate surface area is 62.9 Å². The van der Waals surface area contributed by atoms with Crippen LogP contribution in [0.2, 0.25) is 0 Å². The van der Waals surface area contributed by atoms with Crippen LogP contribution in [-0.2, 0) is 0 Å². The van der Waals surface area contributed by atoms with E-state index in [9.17, 15) is 13.2 Å². The molecule has 0 saturated heterocycles. The second kappa shape index (κ2) is 3.95. The minimum Gasteiger partial charge on any atom is -0.272 e. The quantitative estimate of drug-likeness (QED) is 0.438. The predicted octanol–water partition coefficient (Wildman–Crippen LogP) is 2.71. The fraction of sp³-hybridized carbons (Fsp3) is 0.286. The molecule has 0 aromatic carbocycles. The topological polar surface area (TPSA) is 12.4 Å². The van der Waals surface area contributed by atoms with Gasteiger partial charge in [0.25, 0.3) is 0 Å². The molecule has 0 aliphatic carbocycles. The number of hydrogen-bond donors (Lipinski definition) is 0. The normalized spacial score (nSPS) is 14.0. The third-order valence-corrected chi connectivity index (χ3v) is 0.904. The van der Waals surface area contributed by atoms with Gasteiger partial charge in [0.1, 0.15) is 0 Å². The van der Waals surface area contributed by atoms with Gasteiger partial charge in [0.2, 0.25) is 0 Å². The van der Waals surface area contributed by atoms with Gasteiger partial charge >= 0.3 is 6.18 Å². The molecule has 0 fully saturated rings. The number of hydrogen-bond acceptors (Lipinski definition) is 1. The van der Waals surface area contributed by atoms with E-state index in [2.05, 4.69) is 11.7 Å². The van der Waals surface area contributed by atoms with Crippen molar-refractivity contribution in [2.75, 3.05) is 0 Å². The zero-order valence-electron chi connectivity index (χ0n) is 6.02. The van der Waals surface area contributed by atoms with E-state index in [1.165, 1.54) is 13.0 Å². The first-order valence-corrected chi connectivity index (χ1v) is 2.88. The molecule has 0 spiro atoms. The van der Waals surface area contributed by atoms with Crippen LogP contribution in [0.15, 0.2) is 28.9 Å². The fourth-order valence-corrected chi connectivity index (χ4v) is 0.489. The van der Waals surface area contributed by atoms with E-state index in [-0.39, 0.29) is 0 Å². The van der Waals surface area contributed by atoms with E-state index >= 15 is 0 Å². The lowest BCUT2D eigenvalue weighted by Gasteiger charge is -2.04. The van der Waals surface area contributed by atoms with Crippen molar-refractivity contribution in [3.63, 3.8) is 0 Å². The number of alkyl halides is 3. The smallest absolute Gasteiger partial charge is 0.272 e. The average Bonchev–Trinajstić information content (AvgIpc) is 1.85. The van der Waals surface area contributed by atoms with Crippen LogP contribution in [0.1, 0.15) is 6.92 Å². The molecule has 0 aliphatic rings. The molecular formula is C7H8F3N. The van der Waals surface area contributed by atoms with Crippen LogP contribution in [0.5, 0.6) is 0 Å². The number of halogens is 3. The fourth-order valence-electron chi connectivity index (χ4n) is 0.489. The Morgan fingerprint density at radius 2 is 2.00 bits per heavy atom. The van der Waals surface area contributed by atoms with Crippen LogP contribution in [0.25, 0.3) is 0 Å². The highest BCUT2D eigenvalue weighted by Gasteiger charge is 2.31. The van der Waals surface area contributed by atoms with E-state index in [1.807, 2.05) is 0 Å². The molecule has 1 nitrogen and oxygen atoms in total. The Hall–Kier alpha value is -1.06. The van der Waals surface area contributed by atoms with Crippen molar-refractivity contribution < 1.29 is 13.2 Å². The highest BCUT2D eigenvalue weighted by molar-refractivity contribution is 5.30. The number of allylic oxidation sites excluding steroid dienone is 3. The third-order valence-electron chi connectivity index (χ3n) is 0.904. The van der Waals surface area contributed by atoms with E-state index in [0.29, 0.717) is 6.20 Å². The van der Waals surface area contributed by atoms with Crippen LogP contribution in [0.3, 0.4) is 0 Å². The molecule has 0 saturated carbocycles. The molecule has 0 radical (unpaired) electrons. The largest absolute Gasteiger partial charge is 0.417 e. The Morgan fingerprint density at radius 1 is 1.45 bits per heavy atom. The molecule has 0 heterocycles. The summed E-state index contributed by atoms with van der Waals surface area (Å²) in [7, 11) is 0. The van der Waals surface area contributed by atoms with Crippen molar-refractivity contribution >= 4 is 6.72 Å². The minimum absolute atomic E-state index is 0.681. The molecule has 0 unspecified atom stereocenters. The summed E-state index contributed by atoms with van der Waals surface area (Å²) < 4.78 is 35.7. The number of nitrogens with zero attached hydrogens (tertiary/aromatic N) is 1. The van der Waals surface area contributed by atoms with Crippen molar-refractivity contribution in [3.8, 4) is 0 Å². The van der Waals surface area contributed by atoms with Crippen LogP contribution in [0.4, 0.5) is 13.2 Å². The van der Waals surface area contributed by atoms with Crippen LogP contribution >= 0.6 is 0 Å². The molecule has 0 rings (SSSR count). The Kier molecular flexibility index (Phi) is 3.57. The highest BCUT2D eigenvalue weighted by Crippen LogP contribution is 2.26. The van der Waals surface area contributed by atoms with Crippen molar-refractivity contribution in [3.05, 3.63) is 23.9 Å². The van der Waals surface area contributed by atoms with Crippen molar-refractivity contribution in [1.82, 2.24) is 0 Å². The maximum Gasteiger partial charge on any atom is 0.417 e. The summed E-state index contributed by atoms with van der Waals surface area (Å²) in [4.78, 5) is 3.04. The third kappa shape index (κ3) is 3.60. The zero-order chi connectivity index (χ0) is 8.91. The molecule has 0 amide bonds. The summed E-state index contributed by atoms with van der Waals surface area (Å²) in [5.74, 6) is 0. The average molecular weight is 163 g/mol. The highest BCUT2D eigenvalue weighted by atomic mass is 19.4. The first-order valence-electron chi connectivity index (χ1n) is 2.88. The molecule has 0 aromatic heterocycles. The second-order valence-electron chi connectivity index (χ2n) is 1.76. The van der Waals surface area contributed by atoms with Gasteiger partial charge in [0, 0.05) is 6.20 Å². The summed E-state index contributed by atoms with van der Waals surface area (Å²) in [5.41, 5.74) is -0.796. The summed E-state index contributed by atoms with van der Waals surface area (Å²) in [6.45, 7) is 4.44. The van der Waals surface area contributed by atoms with Crippen molar-refractivity contribution in [1.29, 1.82) is 0 Å². The second-order valence-corrected chi connectivity index (χ2v) is 1.76. The first-order chi connectivity index (χ1) is 5.02. The summed E-state index contributed by atoms with van der Waals surface area (Å²) in [6, 6.07) is 0. The van der Waals surface area contributed by atoms with Gasteiger partial charge in [0.05, 0.1) is 5.57 Å². The maximum absolute atomic E-state index is 11.9. The maximum atomic E-state index is 11.9. The van der Waals surface area contributed by atoms with Crippen molar-refractivity contribution in [2.45, 2.75) is 13.1 Å². The summed E-state index contributed by atoms with van der Waals surface area (Å²) in [6.07, 6.45) is -1.42. The molecule has 0 atom stereocenters. The van der Waals surface area contributed by atoms with Gasteiger partial charge < -0.3 is 0 Å². The van der Waals surface area contributed by atoms with Crippen LogP contribution in [0, 0.1) is 0 Å². The van der Waals surface area contributed by atoms with E-state index < -0.39 is 11.7 Å². The van der Waals surface area contributed by atoms with E-state index in [1.54, 1.807) is 0 Å². The lowest BCUT2D eigenvalue weighted by Crippen LogP contribution is -2.09. The van der Waals surface area contributed by atoms with E-state index in [4.69, 9.17) is 0 Å². The lowest BCUT2D eigenvalue weighted by molar-refractivity contribution is -0.0883. The predicted molar refractivity (Wildman–Crippen MR) is 38.5 cm³/mol.